The minimum absolute atomic E-state index is 0.161. The van der Waals surface area contributed by atoms with E-state index in [0.717, 1.165) is 23.7 Å². The number of rotatable bonds is 3. The number of nitrogens with one attached hydrogen (secondary N) is 1. The maximum Gasteiger partial charge on any atom is 0.229 e. The molecule has 1 aliphatic carbocycles. The van der Waals surface area contributed by atoms with Crippen LogP contribution in [0.2, 0.25) is 0 Å². The van der Waals surface area contributed by atoms with Crippen LogP contribution in [0.5, 0.6) is 0 Å². The van der Waals surface area contributed by atoms with Gasteiger partial charge < -0.3 is 5.32 Å². The number of amides is 1. The number of hydrogen-bond donors (Lipinski definition) is 1. The molecule has 0 radical (unpaired) electrons. The maximum atomic E-state index is 12.0. The fourth-order valence-electron chi connectivity index (χ4n) is 2.18. The minimum atomic E-state index is 0.161. The van der Waals surface area contributed by atoms with E-state index in [9.17, 15) is 4.79 Å². The zero-order chi connectivity index (χ0) is 12.3. The van der Waals surface area contributed by atoms with Crippen molar-refractivity contribution in [2.75, 3.05) is 5.32 Å². The van der Waals surface area contributed by atoms with E-state index in [4.69, 9.17) is 0 Å². The van der Waals surface area contributed by atoms with Crippen LogP contribution in [0, 0.1) is 5.92 Å². The van der Waals surface area contributed by atoms with Gasteiger partial charge in [-0.1, -0.05) is 33.1 Å². The topological polar surface area (TPSA) is 42.0 Å². The number of carbonyl (C=O) groups excluding carboxylic acids is 1. The van der Waals surface area contributed by atoms with E-state index in [2.05, 4.69) is 24.1 Å². The summed E-state index contributed by atoms with van der Waals surface area (Å²) in [5.41, 5.74) is 1.06. The largest absolute Gasteiger partial charge is 0.302 e. The van der Waals surface area contributed by atoms with Crippen LogP contribution in [0.1, 0.15) is 57.6 Å². The van der Waals surface area contributed by atoms with Crippen molar-refractivity contribution in [3.8, 4) is 0 Å². The third-order valence-electron chi connectivity index (χ3n) is 3.32. The second kappa shape index (κ2) is 5.63. The molecule has 1 aromatic heterocycles. The van der Waals surface area contributed by atoms with Gasteiger partial charge in [0, 0.05) is 11.3 Å². The van der Waals surface area contributed by atoms with Crippen molar-refractivity contribution in [1.82, 2.24) is 4.98 Å². The summed E-state index contributed by atoms with van der Waals surface area (Å²) in [6.07, 6.45) is 5.72. The number of thiazole rings is 1. The van der Waals surface area contributed by atoms with E-state index in [1.165, 1.54) is 30.6 Å². The Labute approximate surface area is 107 Å². The Bertz CT molecular complexity index is 381. The van der Waals surface area contributed by atoms with Gasteiger partial charge in [0.2, 0.25) is 5.91 Å². The predicted octanol–water partition coefficient (Wildman–Crippen LogP) is 3.79. The molecule has 4 heteroatoms. The summed E-state index contributed by atoms with van der Waals surface area (Å²) in [5, 5.41) is 5.74. The third kappa shape index (κ3) is 3.28. The van der Waals surface area contributed by atoms with E-state index < -0.39 is 0 Å². The molecule has 1 aromatic rings. The number of nitrogens with zero attached hydrogens (tertiary/aromatic N) is 1. The van der Waals surface area contributed by atoms with Gasteiger partial charge in [-0.15, -0.1) is 11.3 Å². The summed E-state index contributed by atoms with van der Waals surface area (Å²) in [4.78, 5) is 16.4. The monoisotopic (exact) mass is 252 g/mol. The summed E-state index contributed by atoms with van der Waals surface area (Å²) in [6, 6.07) is 0. The van der Waals surface area contributed by atoms with Crippen molar-refractivity contribution < 1.29 is 4.79 Å². The smallest absolute Gasteiger partial charge is 0.229 e. The number of anilines is 1. The molecule has 0 aromatic carbocycles. The molecule has 2 rings (SSSR count). The highest BCUT2D eigenvalue weighted by Crippen LogP contribution is 2.26. The lowest BCUT2D eigenvalue weighted by molar-refractivity contribution is -0.120. The Morgan fingerprint density at radius 2 is 2.12 bits per heavy atom. The van der Waals surface area contributed by atoms with E-state index >= 15 is 0 Å². The number of hydrogen-bond acceptors (Lipinski definition) is 3. The van der Waals surface area contributed by atoms with Crippen LogP contribution in [-0.4, -0.2) is 10.9 Å². The van der Waals surface area contributed by atoms with E-state index in [-0.39, 0.29) is 11.8 Å². The van der Waals surface area contributed by atoms with Crippen LogP contribution in [0.4, 0.5) is 5.13 Å². The quantitative estimate of drug-likeness (QED) is 0.889. The molecule has 1 heterocycles. The summed E-state index contributed by atoms with van der Waals surface area (Å²) in [7, 11) is 0. The zero-order valence-electron chi connectivity index (χ0n) is 10.5. The standard InChI is InChI=1S/C13H20N2OS/c1-9(2)11-8-17-13(14-11)15-12(16)10-6-4-3-5-7-10/h8-10H,3-7H2,1-2H3,(H,14,15,16). The molecule has 17 heavy (non-hydrogen) atoms. The lowest BCUT2D eigenvalue weighted by atomic mass is 9.89. The Morgan fingerprint density at radius 3 is 2.71 bits per heavy atom. The van der Waals surface area contributed by atoms with Crippen LogP contribution >= 0.6 is 11.3 Å². The molecule has 0 bridgehead atoms. The molecule has 0 saturated heterocycles. The molecular weight excluding hydrogens is 232 g/mol. The zero-order valence-corrected chi connectivity index (χ0v) is 11.3. The summed E-state index contributed by atoms with van der Waals surface area (Å²) >= 11 is 1.53. The Morgan fingerprint density at radius 1 is 1.41 bits per heavy atom. The van der Waals surface area contributed by atoms with Gasteiger partial charge in [-0.3, -0.25) is 4.79 Å². The van der Waals surface area contributed by atoms with Gasteiger partial charge in [-0.25, -0.2) is 4.98 Å². The molecule has 1 fully saturated rings. The minimum Gasteiger partial charge on any atom is -0.302 e. The van der Waals surface area contributed by atoms with Crippen molar-refractivity contribution in [1.29, 1.82) is 0 Å². The van der Waals surface area contributed by atoms with Crippen LogP contribution < -0.4 is 5.32 Å². The molecule has 0 unspecified atom stereocenters. The molecule has 1 N–H and O–H groups in total. The molecule has 0 atom stereocenters. The highest BCUT2D eigenvalue weighted by atomic mass is 32.1. The first-order valence-electron chi connectivity index (χ1n) is 6.43. The summed E-state index contributed by atoms with van der Waals surface area (Å²) in [5.74, 6) is 0.788. The van der Waals surface area contributed by atoms with Crippen LogP contribution in [0.25, 0.3) is 0 Å². The summed E-state index contributed by atoms with van der Waals surface area (Å²) < 4.78 is 0. The van der Waals surface area contributed by atoms with Gasteiger partial charge in [0.05, 0.1) is 5.69 Å². The molecule has 3 nitrogen and oxygen atoms in total. The van der Waals surface area contributed by atoms with Crippen molar-refractivity contribution in [3.05, 3.63) is 11.1 Å². The molecular formula is C13H20N2OS. The van der Waals surface area contributed by atoms with Crippen molar-refractivity contribution in [3.63, 3.8) is 0 Å². The highest BCUT2D eigenvalue weighted by molar-refractivity contribution is 7.13. The molecule has 1 aliphatic rings. The van der Waals surface area contributed by atoms with Crippen LogP contribution in [0.3, 0.4) is 0 Å². The van der Waals surface area contributed by atoms with E-state index in [1.807, 2.05) is 5.38 Å². The fraction of sp³-hybridized carbons (Fsp3) is 0.692. The average molecular weight is 252 g/mol. The van der Waals surface area contributed by atoms with E-state index in [1.54, 1.807) is 0 Å². The lowest BCUT2D eigenvalue weighted by Gasteiger charge is -2.19. The van der Waals surface area contributed by atoms with Gasteiger partial charge in [-0.2, -0.15) is 0 Å². The fourth-order valence-corrected chi connectivity index (χ4v) is 3.06. The van der Waals surface area contributed by atoms with Gasteiger partial charge in [-0.05, 0) is 18.8 Å². The van der Waals surface area contributed by atoms with Crippen molar-refractivity contribution >= 4 is 22.4 Å². The first kappa shape index (κ1) is 12.6. The van der Waals surface area contributed by atoms with Gasteiger partial charge in [0.15, 0.2) is 5.13 Å². The number of aromatic nitrogens is 1. The predicted molar refractivity (Wildman–Crippen MR) is 71.4 cm³/mol. The van der Waals surface area contributed by atoms with Crippen LogP contribution in [0.15, 0.2) is 5.38 Å². The average Bonchev–Trinajstić information content (AvgIpc) is 2.79. The Hall–Kier alpha value is -0.900. The van der Waals surface area contributed by atoms with Crippen molar-refractivity contribution in [2.24, 2.45) is 5.92 Å². The number of carbonyl (C=O) groups is 1. The first-order chi connectivity index (χ1) is 8.16. The highest BCUT2D eigenvalue weighted by Gasteiger charge is 2.21. The lowest BCUT2D eigenvalue weighted by Crippen LogP contribution is -2.24. The Balaban J connectivity index is 1.92. The molecule has 94 valence electrons. The maximum absolute atomic E-state index is 12.0. The summed E-state index contributed by atoms with van der Waals surface area (Å²) in [6.45, 7) is 4.23. The van der Waals surface area contributed by atoms with Gasteiger partial charge in [0.25, 0.3) is 0 Å². The molecule has 0 spiro atoms. The third-order valence-corrected chi connectivity index (χ3v) is 4.10. The molecule has 1 amide bonds. The van der Waals surface area contributed by atoms with Crippen molar-refractivity contribution in [2.45, 2.75) is 51.9 Å². The SMILES string of the molecule is CC(C)c1csc(NC(=O)C2CCCCC2)n1. The molecule has 1 saturated carbocycles. The normalized spacial score (nSPS) is 17.4. The second-order valence-electron chi connectivity index (χ2n) is 5.06. The second-order valence-corrected chi connectivity index (χ2v) is 5.91. The Kier molecular flexibility index (Phi) is 4.15. The van der Waals surface area contributed by atoms with Gasteiger partial charge in [0.1, 0.15) is 0 Å². The van der Waals surface area contributed by atoms with Crippen LogP contribution in [-0.2, 0) is 4.79 Å². The molecule has 0 aliphatic heterocycles. The van der Waals surface area contributed by atoms with Gasteiger partial charge >= 0.3 is 0 Å². The van der Waals surface area contributed by atoms with E-state index in [0.29, 0.717) is 5.92 Å². The first-order valence-corrected chi connectivity index (χ1v) is 7.31.